The van der Waals surface area contributed by atoms with Crippen LogP contribution in [0.25, 0.3) is 0 Å². The highest BCUT2D eigenvalue weighted by Crippen LogP contribution is 2.29. The van der Waals surface area contributed by atoms with Crippen molar-refractivity contribution in [3.63, 3.8) is 0 Å². The topological polar surface area (TPSA) is 54.0 Å². The Balaban J connectivity index is 2.22. The molecule has 0 saturated carbocycles. The Morgan fingerprint density at radius 2 is 1.81 bits per heavy atom. The lowest BCUT2D eigenvalue weighted by Crippen LogP contribution is -2.48. The molecule has 1 heterocycles. The molecule has 1 aromatic rings. The lowest BCUT2D eigenvalue weighted by Gasteiger charge is -2.29. The lowest BCUT2D eigenvalue weighted by molar-refractivity contribution is -0.115. The molecule has 0 bridgehead atoms. The van der Waals surface area contributed by atoms with Gasteiger partial charge in [-0.1, -0.05) is 11.6 Å². The first-order valence-electron chi connectivity index (χ1n) is 6.59. The van der Waals surface area contributed by atoms with E-state index in [4.69, 9.17) is 21.1 Å². The summed E-state index contributed by atoms with van der Waals surface area (Å²) in [6.07, 6.45) is -0.484. The molecule has 7 heteroatoms. The van der Waals surface area contributed by atoms with Crippen molar-refractivity contribution in [2.45, 2.75) is 25.8 Å². The average molecular weight is 314 g/mol. The maximum atomic E-state index is 12.6. The molecule has 0 radical (unpaired) electrons. The molecular weight excluding hydrogens is 294 g/mol. The number of halogens is 1. The number of carbonyl (C=O) groups is 1. The molecule has 1 aliphatic heterocycles. The van der Waals surface area contributed by atoms with Gasteiger partial charge in [-0.05, 0) is 38.1 Å². The van der Waals surface area contributed by atoms with Crippen LogP contribution >= 0.6 is 11.6 Å². The maximum absolute atomic E-state index is 12.6. The first kappa shape index (κ1) is 16.0. The Labute approximate surface area is 129 Å². The number of methoxy groups -OCH3 is 2. The van der Waals surface area contributed by atoms with Crippen molar-refractivity contribution in [2.24, 2.45) is 0 Å². The number of hydrogen-bond acceptors (Lipinski definition) is 4. The highest BCUT2D eigenvalue weighted by Gasteiger charge is 2.44. The van der Waals surface area contributed by atoms with E-state index in [1.54, 1.807) is 17.0 Å². The number of rotatable bonds is 5. The molecule has 2 rings (SSSR count). The second-order valence-corrected chi connectivity index (χ2v) is 5.71. The van der Waals surface area contributed by atoms with Gasteiger partial charge in [-0.25, -0.2) is 10.2 Å². The van der Waals surface area contributed by atoms with Crippen molar-refractivity contribution in [3.05, 3.63) is 29.3 Å². The predicted molar refractivity (Wildman–Crippen MR) is 81.1 cm³/mol. The second-order valence-electron chi connectivity index (χ2n) is 5.28. The Morgan fingerprint density at radius 1 is 1.24 bits per heavy atom. The highest BCUT2D eigenvalue weighted by atomic mass is 35.5. The minimum Gasteiger partial charge on any atom is -0.354 e. The number of urea groups is 1. The van der Waals surface area contributed by atoms with Gasteiger partial charge >= 0.3 is 6.03 Å². The fourth-order valence-electron chi connectivity index (χ4n) is 2.33. The third kappa shape index (κ3) is 3.29. The van der Waals surface area contributed by atoms with Crippen LogP contribution in [0.3, 0.4) is 0 Å². The van der Waals surface area contributed by atoms with Crippen molar-refractivity contribution in [1.29, 1.82) is 0 Å². The average Bonchev–Trinajstić information content (AvgIpc) is 2.67. The molecule has 0 aromatic heterocycles. The van der Waals surface area contributed by atoms with Crippen molar-refractivity contribution < 1.29 is 14.3 Å². The Morgan fingerprint density at radius 3 is 2.33 bits per heavy atom. The molecule has 116 valence electrons. The van der Waals surface area contributed by atoms with Gasteiger partial charge in [0.15, 0.2) is 6.29 Å². The van der Waals surface area contributed by atoms with Crippen LogP contribution in [0.5, 0.6) is 0 Å². The number of hydrazine groups is 1. The van der Waals surface area contributed by atoms with Crippen molar-refractivity contribution >= 4 is 23.3 Å². The summed E-state index contributed by atoms with van der Waals surface area (Å²) in [5.74, 6) is 0. The Hall–Kier alpha value is -1.34. The monoisotopic (exact) mass is 313 g/mol. The molecule has 1 saturated heterocycles. The predicted octanol–water partition coefficient (Wildman–Crippen LogP) is 2.44. The van der Waals surface area contributed by atoms with Gasteiger partial charge in [0.1, 0.15) is 5.66 Å². The van der Waals surface area contributed by atoms with Crippen LogP contribution in [0.15, 0.2) is 24.3 Å². The minimum atomic E-state index is -0.559. The molecule has 0 unspecified atom stereocenters. The molecule has 1 fully saturated rings. The summed E-state index contributed by atoms with van der Waals surface area (Å²) >= 11 is 5.90. The molecule has 0 spiro atoms. The smallest absolute Gasteiger partial charge is 0.340 e. The SMILES string of the molecule is COC(CN1NC(C)(C)N(c2ccc(Cl)cc2)C1=O)OC. The van der Waals surface area contributed by atoms with Crippen molar-refractivity contribution in [1.82, 2.24) is 10.4 Å². The summed E-state index contributed by atoms with van der Waals surface area (Å²) in [5, 5.41) is 2.12. The third-order valence-corrected chi connectivity index (χ3v) is 3.58. The Kier molecular flexibility index (Phi) is 4.73. The summed E-state index contributed by atoms with van der Waals surface area (Å²) in [6, 6.07) is 6.99. The largest absolute Gasteiger partial charge is 0.354 e. The zero-order valence-electron chi connectivity index (χ0n) is 12.6. The summed E-state index contributed by atoms with van der Waals surface area (Å²) in [6.45, 7) is 4.14. The first-order valence-corrected chi connectivity index (χ1v) is 6.97. The molecule has 1 aliphatic rings. The van der Waals surface area contributed by atoms with Crippen LogP contribution in [-0.2, 0) is 9.47 Å². The first-order chi connectivity index (χ1) is 9.89. The molecule has 1 N–H and O–H groups in total. The van der Waals surface area contributed by atoms with E-state index in [2.05, 4.69) is 5.43 Å². The number of ether oxygens (including phenoxy) is 2. The fourth-order valence-corrected chi connectivity index (χ4v) is 2.46. The van der Waals surface area contributed by atoms with Gasteiger partial charge < -0.3 is 9.47 Å². The lowest BCUT2D eigenvalue weighted by atomic mass is 10.2. The standard InChI is InChI=1S/C14H20ClN3O3/c1-14(2)16-17(9-12(20-3)21-4)13(19)18(14)11-7-5-10(15)6-8-11/h5-8,12,16H,9H2,1-4H3. The van der Waals surface area contributed by atoms with E-state index in [1.807, 2.05) is 26.0 Å². The molecule has 2 amide bonds. The molecular formula is C14H20ClN3O3. The van der Waals surface area contributed by atoms with E-state index >= 15 is 0 Å². The van der Waals surface area contributed by atoms with E-state index in [0.29, 0.717) is 11.6 Å². The number of anilines is 1. The molecule has 0 aliphatic carbocycles. The van der Waals surface area contributed by atoms with Crippen molar-refractivity contribution in [2.75, 3.05) is 25.7 Å². The normalized spacial score (nSPS) is 17.9. The summed E-state index contributed by atoms with van der Waals surface area (Å²) in [5.41, 5.74) is 3.37. The van der Waals surface area contributed by atoms with E-state index in [0.717, 1.165) is 5.69 Å². The van der Waals surface area contributed by atoms with E-state index < -0.39 is 12.0 Å². The molecule has 1 aromatic carbocycles. The Bertz CT molecular complexity index is 503. The van der Waals surface area contributed by atoms with Gasteiger partial charge in [0.25, 0.3) is 0 Å². The third-order valence-electron chi connectivity index (χ3n) is 3.33. The van der Waals surface area contributed by atoms with Gasteiger partial charge in [-0.15, -0.1) is 0 Å². The van der Waals surface area contributed by atoms with E-state index in [1.165, 1.54) is 19.2 Å². The number of nitrogens with one attached hydrogen (secondary N) is 1. The van der Waals surface area contributed by atoms with Gasteiger partial charge in [-0.2, -0.15) is 0 Å². The van der Waals surface area contributed by atoms with E-state index in [9.17, 15) is 4.79 Å². The number of nitrogens with zero attached hydrogens (tertiary/aromatic N) is 2. The summed E-state index contributed by atoms with van der Waals surface area (Å²) in [4.78, 5) is 14.3. The van der Waals surface area contributed by atoms with Crippen LogP contribution < -0.4 is 10.3 Å². The van der Waals surface area contributed by atoms with Crippen LogP contribution in [-0.4, -0.2) is 43.8 Å². The number of amides is 2. The summed E-state index contributed by atoms with van der Waals surface area (Å²) < 4.78 is 10.3. The number of hydrogen-bond donors (Lipinski definition) is 1. The quantitative estimate of drug-likeness (QED) is 0.848. The minimum absolute atomic E-state index is 0.165. The van der Waals surface area contributed by atoms with Gasteiger partial charge in [0.05, 0.1) is 6.54 Å². The van der Waals surface area contributed by atoms with Crippen LogP contribution in [0.4, 0.5) is 10.5 Å². The van der Waals surface area contributed by atoms with E-state index in [-0.39, 0.29) is 6.03 Å². The number of carbonyl (C=O) groups excluding carboxylic acids is 1. The second kappa shape index (κ2) is 6.19. The zero-order valence-corrected chi connectivity index (χ0v) is 13.3. The molecule has 0 atom stereocenters. The molecule has 6 nitrogen and oxygen atoms in total. The fraction of sp³-hybridized carbons (Fsp3) is 0.500. The maximum Gasteiger partial charge on any atom is 0.340 e. The molecule has 21 heavy (non-hydrogen) atoms. The highest BCUT2D eigenvalue weighted by molar-refractivity contribution is 6.30. The van der Waals surface area contributed by atoms with Gasteiger partial charge in [0, 0.05) is 24.9 Å². The summed E-state index contributed by atoms with van der Waals surface area (Å²) in [7, 11) is 3.08. The van der Waals surface area contributed by atoms with Crippen LogP contribution in [0, 0.1) is 0 Å². The van der Waals surface area contributed by atoms with Crippen LogP contribution in [0.2, 0.25) is 5.02 Å². The van der Waals surface area contributed by atoms with Gasteiger partial charge in [0.2, 0.25) is 0 Å². The zero-order chi connectivity index (χ0) is 15.6. The van der Waals surface area contributed by atoms with Crippen LogP contribution in [0.1, 0.15) is 13.8 Å². The van der Waals surface area contributed by atoms with Crippen molar-refractivity contribution in [3.8, 4) is 0 Å². The number of benzene rings is 1. The van der Waals surface area contributed by atoms with Gasteiger partial charge in [-0.3, -0.25) is 9.91 Å².